The third kappa shape index (κ3) is 3.41. The van der Waals surface area contributed by atoms with Crippen molar-refractivity contribution in [3.05, 3.63) is 94.0 Å². The molecule has 0 fully saturated rings. The summed E-state index contributed by atoms with van der Waals surface area (Å²) >= 11 is 6.43. The number of carbonyl (C=O) groups excluding carboxylic acids is 3. The molecular formula is C23H16ClNO4. The lowest BCUT2D eigenvalue weighted by Gasteiger charge is -2.21. The number of halogens is 1. The minimum atomic E-state index is -0.789. The molecule has 0 spiro atoms. The Bertz CT molecular complexity index is 1140. The fourth-order valence-corrected chi connectivity index (χ4v) is 3.53. The molecular weight excluding hydrogens is 390 g/mol. The summed E-state index contributed by atoms with van der Waals surface area (Å²) in [5.41, 5.74) is 1.23. The lowest BCUT2D eigenvalue weighted by atomic mass is 9.84. The lowest BCUT2D eigenvalue weighted by Crippen LogP contribution is -2.30. The predicted molar refractivity (Wildman–Crippen MR) is 110 cm³/mol. The van der Waals surface area contributed by atoms with Crippen LogP contribution in [0.1, 0.15) is 38.8 Å². The van der Waals surface area contributed by atoms with Gasteiger partial charge in [-0.2, -0.15) is 0 Å². The number of ketones is 2. The van der Waals surface area contributed by atoms with Crippen LogP contribution in [0.15, 0.2) is 66.7 Å². The highest BCUT2D eigenvalue weighted by Gasteiger charge is 2.32. The second-order valence-electron chi connectivity index (χ2n) is 6.62. The molecule has 3 aromatic carbocycles. The molecule has 1 aliphatic rings. The summed E-state index contributed by atoms with van der Waals surface area (Å²) in [6.07, 6.45) is -0.789. The molecule has 1 atom stereocenters. The number of fused-ring (bicyclic) bond motifs is 2. The standard InChI is InChI=1S/C23H16ClNO4/c1-13(29-14-7-3-2-4-8-14)23(28)25-18-12-11-17-19(20(18)24)22(27)16-10-6-5-9-15(16)21(17)26/h2-13H,1H3,(H,25,28)/t13-/m0/s1. The smallest absolute Gasteiger partial charge is 0.265 e. The number of rotatable bonds is 4. The Morgan fingerprint density at radius 2 is 1.48 bits per heavy atom. The maximum atomic E-state index is 12.9. The topological polar surface area (TPSA) is 72.5 Å². The minimum absolute atomic E-state index is 0.0376. The van der Waals surface area contributed by atoms with Gasteiger partial charge in [0, 0.05) is 16.7 Å². The van der Waals surface area contributed by atoms with Crippen molar-refractivity contribution in [2.75, 3.05) is 5.32 Å². The zero-order valence-electron chi connectivity index (χ0n) is 15.4. The van der Waals surface area contributed by atoms with E-state index in [2.05, 4.69) is 5.32 Å². The van der Waals surface area contributed by atoms with Crippen LogP contribution in [0.3, 0.4) is 0 Å². The van der Waals surface area contributed by atoms with Crippen LogP contribution >= 0.6 is 11.6 Å². The van der Waals surface area contributed by atoms with Crippen LogP contribution in [0.25, 0.3) is 0 Å². The molecule has 0 heterocycles. The van der Waals surface area contributed by atoms with Crippen molar-refractivity contribution >= 4 is 34.8 Å². The van der Waals surface area contributed by atoms with Gasteiger partial charge in [-0.1, -0.05) is 54.1 Å². The van der Waals surface area contributed by atoms with Crippen molar-refractivity contribution in [3.8, 4) is 5.75 Å². The van der Waals surface area contributed by atoms with E-state index in [1.165, 1.54) is 12.1 Å². The molecule has 1 aliphatic carbocycles. The van der Waals surface area contributed by atoms with Crippen LogP contribution in [0.5, 0.6) is 5.75 Å². The van der Waals surface area contributed by atoms with Crippen molar-refractivity contribution in [2.45, 2.75) is 13.0 Å². The van der Waals surface area contributed by atoms with Gasteiger partial charge in [-0.25, -0.2) is 0 Å². The van der Waals surface area contributed by atoms with Crippen molar-refractivity contribution in [2.24, 2.45) is 0 Å². The average Bonchev–Trinajstić information content (AvgIpc) is 2.74. The Morgan fingerprint density at radius 1 is 0.862 bits per heavy atom. The van der Waals surface area contributed by atoms with E-state index >= 15 is 0 Å². The monoisotopic (exact) mass is 405 g/mol. The maximum absolute atomic E-state index is 12.9. The molecule has 0 saturated carbocycles. The first kappa shape index (κ1) is 18.9. The largest absolute Gasteiger partial charge is 0.481 e. The number of nitrogens with one attached hydrogen (secondary N) is 1. The van der Waals surface area contributed by atoms with E-state index in [1.807, 2.05) is 6.07 Å². The predicted octanol–water partition coefficient (Wildman–Crippen LogP) is 4.52. The molecule has 1 amide bonds. The van der Waals surface area contributed by atoms with Gasteiger partial charge in [0.05, 0.1) is 16.3 Å². The van der Waals surface area contributed by atoms with Crippen molar-refractivity contribution in [3.63, 3.8) is 0 Å². The van der Waals surface area contributed by atoms with E-state index in [1.54, 1.807) is 55.5 Å². The highest BCUT2D eigenvalue weighted by molar-refractivity contribution is 6.41. The van der Waals surface area contributed by atoms with Gasteiger partial charge in [0.25, 0.3) is 5.91 Å². The summed E-state index contributed by atoms with van der Waals surface area (Å²) in [5.74, 6) is -0.476. The fourth-order valence-electron chi connectivity index (χ4n) is 3.23. The van der Waals surface area contributed by atoms with Crippen LogP contribution in [-0.2, 0) is 4.79 Å². The number of hydrogen-bond acceptors (Lipinski definition) is 4. The Balaban J connectivity index is 1.61. The molecule has 0 aromatic heterocycles. The fraction of sp³-hybridized carbons (Fsp3) is 0.0870. The summed E-state index contributed by atoms with van der Waals surface area (Å²) < 4.78 is 5.61. The third-order valence-electron chi connectivity index (χ3n) is 4.71. The number of ether oxygens (including phenoxy) is 1. The van der Waals surface area contributed by atoms with E-state index < -0.39 is 12.0 Å². The van der Waals surface area contributed by atoms with Gasteiger partial charge in [0.15, 0.2) is 17.7 Å². The van der Waals surface area contributed by atoms with Crippen LogP contribution in [0, 0.1) is 0 Å². The first-order valence-corrected chi connectivity index (χ1v) is 9.38. The zero-order chi connectivity index (χ0) is 20.5. The van der Waals surface area contributed by atoms with Gasteiger partial charge < -0.3 is 10.1 Å². The molecule has 0 saturated heterocycles. The highest BCUT2D eigenvalue weighted by atomic mass is 35.5. The number of amides is 1. The first-order chi connectivity index (χ1) is 14.0. The number of para-hydroxylation sites is 1. The van der Waals surface area contributed by atoms with Gasteiger partial charge in [-0.05, 0) is 31.2 Å². The molecule has 0 bridgehead atoms. The molecule has 5 nitrogen and oxygen atoms in total. The SMILES string of the molecule is C[C@H](Oc1ccccc1)C(=O)Nc1ccc2c(c1Cl)C(=O)c1ccccc1C2=O. The average molecular weight is 406 g/mol. The van der Waals surface area contributed by atoms with E-state index in [0.29, 0.717) is 16.9 Å². The first-order valence-electron chi connectivity index (χ1n) is 9.01. The van der Waals surface area contributed by atoms with E-state index in [-0.39, 0.29) is 33.4 Å². The quantitative estimate of drug-likeness (QED) is 0.541. The summed E-state index contributed by atoms with van der Waals surface area (Å²) in [6.45, 7) is 1.61. The number of anilines is 1. The molecule has 4 rings (SSSR count). The van der Waals surface area contributed by atoms with Gasteiger partial charge in [-0.15, -0.1) is 0 Å². The van der Waals surface area contributed by atoms with Gasteiger partial charge >= 0.3 is 0 Å². The molecule has 0 unspecified atom stereocenters. The maximum Gasteiger partial charge on any atom is 0.265 e. The second-order valence-corrected chi connectivity index (χ2v) is 6.99. The molecule has 6 heteroatoms. The van der Waals surface area contributed by atoms with E-state index in [9.17, 15) is 14.4 Å². The second kappa shape index (κ2) is 7.53. The molecule has 0 aliphatic heterocycles. The Hall–Kier alpha value is -3.44. The van der Waals surface area contributed by atoms with Crippen molar-refractivity contribution < 1.29 is 19.1 Å². The van der Waals surface area contributed by atoms with Crippen molar-refractivity contribution in [1.29, 1.82) is 0 Å². The number of carbonyl (C=O) groups is 3. The number of benzene rings is 3. The lowest BCUT2D eigenvalue weighted by molar-refractivity contribution is -0.122. The van der Waals surface area contributed by atoms with Crippen molar-refractivity contribution in [1.82, 2.24) is 0 Å². The summed E-state index contributed by atoms with van der Waals surface area (Å²) in [6, 6.07) is 18.6. The molecule has 0 radical (unpaired) electrons. The molecule has 29 heavy (non-hydrogen) atoms. The molecule has 1 N–H and O–H groups in total. The summed E-state index contributed by atoms with van der Waals surface area (Å²) in [4.78, 5) is 38.2. The summed E-state index contributed by atoms with van der Waals surface area (Å²) in [7, 11) is 0. The summed E-state index contributed by atoms with van der Waals surface area (Å²) in [5, 5.41) is 2.72. The van der Waals surface area contributed by atoms with Gasteiger partial charge in [0.1, 0.15) is 5.75 Å². The van der Waals surface area contributed by atoms with Gasteiger partial charge in [0.2, 0.25) is 0 Å². The van der Waals surface area contributed by atoms with Crippen LogP contribution in [0.2, 0.25) is 5.02 Å². The molecule has 3 aromatic rings. The Morgan fingerprint density at radius 3 is 2.17 bits per heavy atom. The Labute approximate surface area is 172 Å². The Kier molecular flexibility index (Phi) is 4.91. The third-order valence-corrected chi connectivity index (χ3v) is 5.11. The van der Waals surface area contributed by atoms with Crippen LogP contribution < -0.4 is 10.1 Å². The van der Waals surface area contributed by atoms with E-state index in [4.69, 9.17) is 16.3 Å². The number of hydrogen-bond donors (Lipinski definition) is 1. The van der Waals surface area contributed by atoms with Gasteiger partial charge in [-0.3, -0.25) is 14.4 Å². The molecule has 144 valence electrons. The highest BCUT2D eigenvalue weighted by Crippen LogP contribution is 2.36. The normalized spacial score (nSPS) is 13.3. The van der Waals surface area contributed by atoms with Crippen LogP contribution in [0.4, 0.5) is 5.69 Å². The minimum Gasteiger partial charge on any atom is -0.481 e. The van der Waals surface area contributed by atoms with Crippen LogP contribution in [-0.4, -0.2) is 23.6 Å². The van der Waals surface area contributed by atoms with E-state index in [0.717, 1.165) is 0 Å². The zero-order valence-corrected chi connectivity index (χ0v) is 16.2.